The van der Waals surface area contributed by atoms with Crippen molar-refractivity contribution in [1.82, 2.24) is 0 Å². The van der Waals surface area contributed by atoms with Crippen molar-refractivity contribution in [3.63, 3.8) is 0 Å². The Bertz CT molecular complexity index is 161. The second-order valence-electron chi connectivity index (χ2n) is 6.10. The topological polar surface area (TPSA) is 0 Å². The van der Waals surface area contributed by atoms with Crippen LogP contribution in [0.25, 0.3) is 0 Å². The second-order valence-corrected chi connectivity index (χ2v) is 6.10. The van der Waals surface area contributed by atoms with Crippen LogP contribution in [0.5, 0.6) is 0 Å². The maximum Gasteiger partial charge on any atom is -0.0412 e. The molecule has 0 aliphatic heterocycles. The summed E-state index contributed by atoms with van der Waals surface area (Å²) in [5, 5.41) is 0. The van der Waals surface area contributed by atoms with Crippen molar-refractivity contribution in [3.05, 3.63) is 0 Å². The van der Waals surface area contributed by atoms with Crippen molar-refractivity contribution < 1.29 is 0 Å². The monoisotopic (exact) mass is 224 g/mol. The van der Waals surface area contributed by atoms with Crippen LogP contribution >= 0.6 is 0 Å². The van der Waals surface area contributed by atoms with E-state index in [1.165, 1.54) is 57.8 Å². The number of hydrogen-bond acceptors (Lipinski definition) is 0. The molecular weight excluding hydrogens is 192 g/mol. The second kappa shape index (κ2) is 8.14. The average molecular weight is 224 g/mol. The van der Waals surface area contributed by atoms with Crippen molar-refractivity contribution >= 4 is 0 Å². The van der Waals surface area contributed by atoms with Crippen LogP contribution in [-0.2, 0) is 0 Å². The van der Waals surface area contributed by atoms with Gasteiger partial charge in [-0.05, 0) is 24.2 Å². The maximum atomic E-state index is 2.40. The summed E-state index contributed by atoms with van der Waals surface area (Å²) in [5.41, 5.74) is 0. The molecule has 0 amide bonds. The molecule has 2 unspecified atom stereocenters. The van der Waals surface area contributed by atoms with E-state index >= 15 is 0 Å². The third-order valence-corrected chi connectivity index (χ3v) is 4.72. The maximum absolute atomic E-state index is 2.40. The van der Waals surface area contributed by atoms with Gasteiger partial charge in [0.2, 0.25) is 0 Å². The molecule has 0 aromatic carbocycles. The highest BCUT2D eigenvalue weighted by Crippen LogP contribution is 2.33. The van der Waals surface area contributed by atoms with Gasteiger partial charge in [-0.25, -0.2) is 0 Å². The molecule has 1 saturated carbocycles. The summed E-state index contributed by atoms with van der Waals surface area (Å²) >= 11 is 0. The lowest BCUT2D eigenvalue weighted by atomic mass is 9.78. The molecule has 0 aromatic rings. The number of rotatable bonds is 7. The minimum Gasteiger partial charge on any atom is -0.0651 e. The molecule has 0 radical (unpaired) electrons. The fraction of sp³-hybridized carbons (Fsp3) is 1.00. The summed E-state index contributed by atoms with van der Waals surface area (Å²) in [6, 6.07) is 0. The third-order valence-electron chi connectivity index (χ3n) is 4.72. The van der Waals surface area contributed by atoms with Crippen LogP contribution < -0.4 is 0 Å². The molecule has 1 aliphatic rings. The molecule has 16 heavy (non-hydrogen) atoms. The molecule has 1 fully saturated rings. The van der Waals surface area contributed by atoms with Gasteiger partial charge in [0.25, 0.3) is 0 Å². The molecule has 3 atom stereocenters. The molecule has 0 spiro atoms. The molecule has 0 aromatic heterocycles. The molecule has 1 aliphatic carbocycles. The van der Waals surface area contributed by atoms with Crippen molar-refractivity contribution in [1.29, 1.82) is 0 Å². The SMILES string of the molecule is CCC(C)CCCCC1CCC[C@@H](CC)C1. The van der Waals surface area contributed by atoms with E-state index in [1.54, 1.807) is 6.42 Å². The summed E-state index contributed by atoms with van der Waals surface area (Å²) in [6.45, 7) is 7.08. The largest absolute Gasteiger partial charge is 0.0651 e. The zero-order valence-corrected chi connectivity index (χ0v) is 11.8. The van der Waals surface area contributed by atoms with Gasteiger partial charge in [-0.1, -0.05) is 78.6 Å². The van der Waals surface area contributed by atoms with Crippen molar-refractivity contribution in [2.75, 3.05) is 0 Å². The van der Waals surface area contributed by atoms with Gasteiger partial charge in [0.05, 0.1) is 0 Å². The van der Waals surface area contributed by atoms with E-state index in [1.807, 2.05) is 0 Å². The van der Waals surface area contributed by atoms with E-state index in [2.05, 4.69) is 20.8 Å². The van der Waals surface area contributed by atoms with Crippen LogP contribution in [0, 0.1) is 17.8 Å². The van der Waals surface area contributed by atoms with Crippen LogP contribution in [0.3, 0.4) is 0 Å². The highest BCUT2D eigenvalue weighted by molar-refractivity contribution is 4.72. The Morgan fingerprint density at radius 3 is 2.50 bits per heavy atom. The molecule has 0 heterocycles. The first-order chi connectivity index (χ1) is 7.76. The Balaban J connectivity index is 2.04. The quantitative estimate of drug-likeness (QED) is 0.479. The van der Waals surface area contributed by atoms with E-state index in [0.29, 0.717) is 0 Å². The fourth-order valence-corrected chi connectivity index (χ4v) is 3.17. The molecule has 96 valence electrons. The lowest BCUT2D eigenvalue weighted by Crippen LogP contribution is -2.14. The summed E-state index contributed by atoms with van der Waals surface area (Å²) in [7, 11) is 0. The van der Waals surface area contributed by atoms with Crippen LogP contribution in [0.2, 0.25) is 0 Å². The van der Waals surface area contributed by atoms with Gasteiger partial charge < -0.3 is 0 Å². The van der Waals surface area contributed by atoms with Gasteiger partial charge in [0.15, 0.2) is 0 Å². The van der Waals surface area contributed by atoms with Crippen LogP contribution in [0.1, 0.15) is 85.0 Å². The van der Waals surface area contributed by atoms with Gasteiger partial charge in [-0.3, -0.25) is 0 Å². The Hall–Kier alpha value is 0. The molecule has 0 bridgehead atoms. The molecule has 1 rings (SSSR count). The minimum absolute atomic E-state index is 0.953. The van der Waals surface area contributed by atoms with Crippen molar-refractivity contribution in [3.8, 4) is 0 Å². The van der Waals surface area contributed by atoms with Gasteiger partial charge in [-0.15, -0.1) is 0 Å². The molecule has 0 saturated heterocycles. The standard InChI is InChI=1S/C16H32/c1-4-14(3)9-6-7-10-16-12-8-11-15(5-2)13-16/h14-16H,4-13H2,1-3H3/t14?,15-,16?/m1/s1. The minimum atomic E-state index is 0.953. The summed E-state index contributed by atoms with van der Waals surface area (Å²) in [5.74, 6) is 3.10. The van der Waals surface area contributed by atoms with Crippen LogP contribution in [-0.4, -0.2) is 0 Å². The van der Waals surface area contributed by atoms with E-state index in [-0.39, 0.29) is 0 Å². The highest BCUT2D eigenvalue weighted by Gasteiger charge is 2.19. The smallest absolute Gasteiger partial charge is 0.0412 e. The Morgan fingerprint density at radius 2 is 1.81 bits per heavy atom. The Morgan fingerprint density at radius 1 is 1.06 bits per heavy atom. The van der Waals surface area contributed by atoms with E-state index < -0.39 is 0 Å². The predicted molar refractivity (Wildman–Crippen MR) is 73.7 cm³/mol. The summed E-state index contributed by atoms with van der Waals surface area (Å²) in [6.07, 6.45) is 14.8. The zero-order valence-electron chi connectivity index (χ0n) is 11.8. The summed E-state index contributed by atoms with van der Waals surface area (Å²) in [4.78, 5) is 0. The lowest BCUT2D eigenvalue weighted by Gasteiger charge is -2.28. The fourth-order valence-electron chi connectivity index (χ4n) is 3.17. The number of unbranched alkanes of at least 4 members (excludes halogenated alkanes) is 1. The Labute approximate surface area is 103 Å². The first kappa shape index (κ1) is 14.1. The van der Waals surface area contributed by atoms with E-state index in [0.717, 1.165) is 17.8 Å². The predicted octanol–water partition coefficient (Wildman–Crippen LogP) is 5.81. The Kier molecular flexibility index (Phi) is 7.16. The first-order valence-electron chi connectivity index (χ1n) is 7.76. The van der Waals surface area contributed by atoms with Gasteiger partial charge in [0.1, 0.15) is 0 Å². The lowest BCUT2D eigenvalue weighted by molar-refractivity contribution is 0.243. The molecule has 0 heteroatoms. The highest BCUT2D eigenvalue weighted by atomic mass is 14.3. The summed E-state index contributed by atoms with van der Waals surface area (Å²) < 4.78 is 0. The van der Waals surface area contributed by atoms with E-state index in [4.69, 9.17) is 0 Å². The van der Waals surface area contributed by atoms with E-state index in [9.17, 15) is 0 Å². The number of hydrogen-bond donors (Lipinski definition) is 0. The van der Waals surface area contributed by atoms with Crippen molar-refractivity contribution in [2.45, 2.75) is 85.0 Å². The van der Waals surface area contributed by atoms with Gasteiger partial charge in [-0.2, -0.15) is 0 Å². The third kappa shape index (κ3) is 5.37. The molecule has 0 N–H and O–H groups in total. The normalized spacial score (nSPS) is 27.9. The average Bonchev–Trinajstić information content (AvgIpc) is 2.34. The first-order valence-corrected chi connectivity index (χ1v) is 7.76. The van der Waals surface area contributed by atoms with Crippen LogP contribution in [0.4, 0.5) is 0 Å². The van der Waals surface area contributed by atoms with Gasteiger partial charge in [0, 0.05) is 0 Å². The van der Waals surface area contributed by atoms with Crippen molar-refractivity contribution in [2.24, 2.45) is 17.8 Å². The zero-order chi connectivity index (χ0) is 11.8. The van der Waals surface area contributed by atoms with Crippen LogP contribution in [0.15, 0.2) is 0 Å². The molecular formula is C16H32. The van der Waals surface area contributed by atoms with Gasteiger partial charge >= 0.3 is 0 Å². The molecule has 0 nitrogen and oxygen atoms in total.